The summed E-state index contributed by atoms with van der Waals surface area (Å²) >= 11 is 0. The number of ether oxygens (including phenoxy) is 2. The molecule has 0 aliphatic heterocycles. The number of carbonyl (C=O) groups is 3. The summed E-state index contributed by atoms with van der Waals surface area (Å²) in [6.07, 6.45) is 0.831. The van der Waals surface area contributed by atoms with Crippen molar-refractivity contribution in [2.24, 2.45) is 0 Å². The highest BCUT2D eigenvalue weighted by Gasteiger charge is 2.26. The van der Waals surface area contributed by atoms with Crippen LogP contribution in [0.2, 0.25) is 0 Å². The van der Waals surface area contributed by atoms with Crippen LogP contribution in [0.25, 0.3) is 0 Å². The minimum Gasteiger partial charge on any atom is -0.496 e. The van der Waals surface area contributed by atoms with Gasteiger partial charge < -0.3 is 20.1 Å². The summed E-state index contributed by atoms with van der Waals surface area (Å²) in [5, 5.41) is 5.01. The van der Waals surface area contributed by atoms with E-state index in [1.807, 2.05) is 0 Å². The molecular weight excluding hydrogens is 388 g/mol. The number of nitrogens with one attached hydrogen (secondary N) is 2. The number of esters is 1. The molecule has 2 N–H and O–H groups in total. The number of para-hydroxylation sites is 1. The molecule has 0 aliphatic carbocycles. The Bertz CT molecular complexity index is 806. The molecule has 1 aromatic carbocycles. The molecule has 156 valence electrons. The summed E-state index contributed by atoms with van der Waals surface area (Å²) in [7, 11) is -1.98. The van der Waals surface area contributed by atoms with E-state index in [0.717, 1.165) is 6.26 Å². The van der Waals surface area contributed by atoms with Crippen molar-refractivity contribution in [1.29, 1.82) is 0 Å². The Balaban J connectivity index is 2.87. The highest BCUT2D eigenvalue weighted by molar-refractivity contribution is 7.90. The zero-order valence-corrected chi connectivity index (χ0v) is 17.2. The lowest BCUT2D eigenvalue weighted by molar-refractivity contribution is -0.150. The predicted octanol–water partition coefficient (Wildman–Crippen LogP) is 0.296. The van der Waals surface area contributed by atoms with E-state index in [4.69, 9.17) is 9.47 Å². The fraction of sp³-hybridized carbons (Fsp3) is 0.500. The van der Waals surface area contributed by atoms with Crippen LogP contribution in [0.3, 0.4) is 0 Å². The smallest absolute Gasteiger partial charge is 0.329 e. The summed E-state index contributed by atoms with van der Waals surface area (Å²) in [5.74, 6) is -2.06. The predicted molar refractivity (Wildman–Crippen MR) is 103 cm³/mol. The van der Waals surface area contributed by atoms with E-state index >= 15 is 0 Å². The molecule has 0 aliphatic rings. The van der Waals surface area contributed by atoms with Gasteiger partial charge in [0.1, 0.15) is 21.6 Å². The molecular formula is C18H26N2O7S. The second-order valence-corrected chi connectivity index (χ2v) is 8.73. The summed E-state index contributed by atoms with van der Waals surface area (Å²) in [6.45, 7) is 2.97. The Hall–Kier alpha value is -2.62. The molecule has 1 atom stereocenters. The number of benzene rings is 1. The van der Waals surface area contributed by atoms with Gasteiger partial charge in [-0.15, -0.1) is 0 Å². The van der Waals surface area contributed by atoms with Crippen LogP contribution in [-0.2, 0) is 24.2 Å². The van der Waals surface area contributed by atoms with Crippen molar-refractivity contribution < 1.29 is 32.3 Å². The molecule has 0 radical (unpaired) electrons. The third kappa shape index (κ3) is 8.38. The fourth-order valence-corrected chi connectivity index (χ4v) is 2.91. The number of hydrogen-bond donors (Lipinski definition) is 2. The monoisotopic (exact) mass is 414 g/mol. The Kier molecular flexibility index (Phi) is 8.90. The molecule has 0 heterocycles. The molecule has 0 spiro atoms. The third-order valence-electron chi connectivity index (χ3n) is 3.51. The van der Waals surface area contributed by atoms with Crippen LogP contribution in [0, 0.1) is 0 Å². The van der Waals surface area contributed by atoms with Crippen molar-refractivity contribution in [3.05, 3.63) is 29.8 Å². The SMILES string of the molecule is COc1ccccc1C(=O)N[C@H](CCS(C)(=O)=O)C(=O)OCC(=O)NC(C)C. The maximum absolute atomic E-state index is 12.5. The van der Waals surface area contributed by atoms with E-state index in [1.54, 1.807) is 32.0 Å². The average molecular weight is 414 g/mol. The van der Waals surface area contributed by atoms with Crippen molar-refractivity contribution in [1.82, 2.24) is 10.6 Å². The van der Waals surface area contributed by atoms with Gasteiger partial charge in [-0.2, -0.15) is 0 Å². The molecule has 10 heteroatoms. The maximum Gasteiger partial charge on any atom is 0.329 e. The quantitative estimate of drug-likeness (QED) is 0.527. The van der Waals surface area contributed by atoms with Gasteiger partial charge in [-0.05, 0) is 32.4 Å². The molecule has 0 saturated heterocycles. The van der Waals surface area contributed by atoms with Crippen molar-refractivity contribution in [3.8, 4) is 5.75 Å². The van der Waals surface area contributed by atoms with Crippen LogP contribution >= 0.6 is 0 Å². The van der Waals surface area contributed by atoms with E-state index in [-0.39, 0.29) is 23.8 Å². The van der Waals surface area contributed by atoms with E-state index in [1.165, 1.54) is 13.2 Å². The summed E-state index contributed by atoms with van der Waals surface area (Å²) in [5.41, 5.74) is 0.180. The van der Waals surface area contributed by atoms with Crippen LogP contribution in [0.4, 0.5) is 0 Å². The first-order chi connectivity index (χ1) is 13.0. The number of rotatable bonds is 10. The molecule has 0 saturated carbocycles. The van der Waals surface area contributed by atoms with E-state index < -0.39 is 40.3 Å². The lowest BCUT2D eigenvalue weighted by Crippen LogP contribution is -2.44. The molecule has 28 heavy (non-hydrogen) atoms. The third-order valence-corrected chi connectivity index (χ3v) is 4.49. The standard InChI is InChI=1S/C18H26N2O7S/c1-12(2)19-16(21)11-27-18(23)14(9-10-28(4,24)25)20-17(22)13-7-5-6-8-15(13)26-3/h5-8,12,14H,9-11H2,1-4H3,(H,19,21)(H,20,22)/t14-/m1/s1. The first kappa shape index (κ1) is 23.4. The van der Waals surface area contributed by atoms with Crippen molar-refractivity contribution in [3.63, 3.8) is 0 Å². The van der Waals surface area contributed by atoms with Gasteiger partial charge in [0.15, 0.2) is 6.61 Å². The lowest BCUT2D eigenvalue weighted by atomic mass is 10.1. The van der Waals surface area contributed by atoms with E-state index in [9.17, 15) is 22.8 Å². The zero-order valence-electron chi connectivity index (χ0n) is 16.4. The van der Waals surface area contributed by atoms with Gasteiger partial charge in [-0.1, -0.05) is 12.1 Å². The number of sulfone groups is 1. The normalized spacial score (nSPS) is 12.2. The Morgan fingerprint density at radius 1 is 1.11 bits per heavy atom. The maximum atomic E-state index is 12.5. The second-order valence-electron chi connectivity index (χ2n) is 6.47. The van der Waals surface area contributed by atoms with Gasteiger partial charge in [0.05, 0.1) is 18.4 Å². The summed E-state index contributed by atoms with van der Waals surface area (Å²) in [4.78, 5) is 36.5. The molecule has 0 aromatic heterocycles. The van der Waals surface area contributed by atoms with Gasteiger partial charge in [-0.25, -0.2) is 13.2 Å². The van der Waals surface area contributed by atoms with Gasteiger partial charge in [0, 0.05) is 12.3 Å². The molecule has 0 fully saturated rings. The second kappa shape index (κ2) is 10.6. The first-order valence-corrected chi connectivity index (χ1v) is 10.7. The molecule has 0 bridgehead atoms. The average Bonchev–Trinajstić information content (AvgIpc) is 2.61. The molecule has 0 unspecified atom stereocenters. The summed E-state index contributed by atoms with van der Waals surface area (Å²) in [6, 6.07) is 5.02. The number of amides is 2. The lowest BCUT2D eigenvalue weighted by Gasteiger charge is -2.18. The van der Waals surface area contributed by atoms with E-state index in [2.05, 4.69) is 10.6 Å². The zero-order chi connectivity index (χ0) is 21.3. The van der Waals surface area contributed by atoms with E-state index in [0.29, 0.717) is 5.75 Å². The first-order valence-electron chi connectivity index (χ1n) is 8.61. The van der Waals surface area contributed by atoms with Gasteiger partial charge >= 0.3 is 5.97 Å². The van der Waals surface area contributed by atoms with Gasteiger partial charge in [-0.3, -0.25) is 9.59 Å². The van der Waals surface area contributed by atoms with Crippen LogP contribution in [0.15, 0.2) is 24.3 Å². The minimum absolute atomic E-state index is 0.127. The van der Waals surface area contributed by atoms with Gasteiger partial charge in [0.2, 0.25) is 0 Å². The Morgan fingerprint density at radius 2 is 1.75 bits per heavy atom. The number of hydrogen-bond acceptors (Lipinski definition) is 7. The van der Waals surface area contributed by atoms with Crippen LogP contribution in [-0.4, -0.2) is 64.0 Å². The van der Waals surface area contributed by atoms with Crippen molar-refractivity contribution in [2.45, 2.75) is 32.4 Å². The number of carbonyl (C=O) groups excluding carboxylic acids is 3. The van der Waals surface area contributed by atoms with Gasteiger partial charge in [0.25, 0.3) is 11.8 Å². The van der Waals surface area contributed by atoms with Crippen LogP contribution < -0.4 is 15.4 Å². The summed E-state index contributed by atoms with van der Waals surface area (Å²) < 4.78 is 33.0. The van der Waals surface area contributed by atoms with Crippen LogP contribution in [0.5, 0.6) is 5.75 Å². The molecule has 1 aromatic rings. The van der Waals surface area contributed by atoms with Crippen LogP contribution in [0.1, 0.15) is 30.6 Å². The highest BCUT2D eigenvalue weighted by Crippen LogP contribution is 2.17. The van der Waals surface area contributed by atoms with Crippen molar-refractivity contribution in [2.75, 3.05) is 25.7 Å². The van der Waals surface area contributed by atoms with Crippen molar-refractivity contribution >= 4 is 27.6 Å². The highest BCUT2D eigenvalue weighted by atomic mass is 32.2. The Morgan fingerprint density at radius 3 is 2.32 bits per heavy atom. The molecule has 2 amide bonds. The largest absolute Gasteiger partial charge is 0.496 e. The molecule has 9 nitrogen and oxygen atoms in total. The fourth-order valence-electron chi connectivity index (χ4n) is 2.25. The minimum atomic E-state index is -3.38. The number of methoxy groups -OCH3 is 1. The molecule has 1 rings (SSSR count). The Labute approximate surface area is 164 Å². The topological polar surface area (TPSA) is 128 Å².